The number of aromatic nitrogens is 1. The van der Waals surface area contributed by atoms with Crippen LogP contribution in [0.4, 0.5) is 11.5 Å². The molecular weight excluding hydrogens is 200 g/mol. The molecule has 0 unspecified atom stereocenters. The van der Waals surface area contributed by atoms with Crippen molar-refractivity contribution in [1.29, 1.82) is 0 Å². The molecule has 0 aliphatic heterocycles. The molecule has 1 aromatic rings. The van der Waals surface area contributed by atoms with Crippen molar-refractivity contribution < 1.29 is 0 Å². The van der Waals surface area contributed by atoms with Crippen molar-refractivity contribution in [1.82, 2.24) is 4.98 Å². The second kappa shape index (κ2) is 4.70. The molecule has 0 spiro atoms. The van der Waals surface area contributed by atoms with Crippen LogP contribution in [-0.2, 0) is 0 Å². The lowest BCUT2D eigenvalue weighted by atomic mass is 10.2. The zero-order valence-corrected chi connectivity index (χ0v) is 9.98. The molecule has 88 valence electrons. The topological polar surface area (TPSA) is 54.2 Å². The fourth-order valence-corrected chi connectivity index (χ4v) is 1.87. The Labute approximate surface area is 96.8 Å². The second-order valence-corrected chi connectivity index (χ2v) is 4.73. The van der Waals surface area contributed by atoms with E-state index >= 15 is 0 Å². The van der Waals surface area contributed by atoms with Crippen molar-refractivity contribution in [3.8, 4) is 0 Å². The molecule has 0 radical (unpaired) electrons. The van der Waals surface area contributed by atoms with Gasteiger partial charge in [0.25, 0.3) is 0 Å². The standard InChI is InChI=1S/C12H20N4/c1-9(2)16(8-10-3-4-10)11-5-6-14-12(7-11)15-13/h5-7,9-10H,3-4,8,13H2,1-2H3,(H,14,15). The Morgan fingerprint density at radius 3 is 2.88 bits per heavy atom. The fourth-order valence-electron chi connectivity index (χ4n) is 1.87. The zero-order valence-electron chi connectivity index (χ0n) is 9.98. The van der Waals surface area contributed by atoms with E-state index < -0.39 is 0 Å². The average molecular weight is 220 g/mol. The van der Waals surface area contributed by atoms with Crippen molar-refractivity contribution in [2.24, 2.45) is 11.8 Å². The zero-order chi connectivity index (χ0) is 11.5. The molecule has 1 saturated carbocycles. The summed E-state index contributed by atoms with van der Waals surface area (Å²) in [6, 6.07) is 4.56. The summed E-state index contributed by atoms with van der Waals surface area (Å²) in [7, 11) is 0. The molecule has 2 rings (SSSR count). The first kappa shape index (κ1) is 11.2. The molecule has 3 N–H and O–H groups in total. The van der Waals surface area contributed by atoms with E-state index in [1.807, 2.05) is 12.1 Å². The minimum absolute atomic E-state index is 0.508. The summed E-state index contributed by atoms with van der Waals surface area (Å²) >= 11 is 0. The first-order chi connectivity index (χ1) is 7.70. The van der Waals surface area contributed by atoms with E-state index in [4.69, 9.17) is 5.84 Å². The van der Waals surface area contributed by atoms with Crippen LogP contribution < -0.4 is 16.2 Å². The van der Waals surface area contributed by atoms with E-state index in [1.54, 1.807) is 6.20 Å². The predicted molar refractivity (Wildman–Crippen MR) is 67.3 cm³/mol. The van der Waals surface area contributed by atoms with Crippen molar-refractivity contribution >= 4 is 11.5 Å². The van der Waals surface area contributed by atoms with Gasteiger partial charge in [-0.15, -0.1) is 0 Å². The highest BCUT2D eigenvalue weighted by Crippen LogP contribution is 2.32. The molecule has 16 heavy (non-hydrogen) atoms. The van der Waals surface area contributed by atoms with Gasteiger partial charge in [0.1, 0.15) is 5.82 Å². The van der Waals surface area contributed by atoms with Crippen LogP contribution in [0.25, 0.3) is 0 Å². The lowest BCUT2D eigenvalue weighted by Gasteiger charge is -2.29. The van der Waals surface area contributed by atoms with E-state index in [2.05, 4.69) is 29.2 Å². The Balaban J connectivity index is 2.15. The van der Waals surface area contributed by atoms with Crippen LogP contribution in [0.3, 0.4) is 0 Å². The molecule has 4 heteroatoms. The Morgan fingerprint density at radius 2 is 2.31 bits per heavy atom. The highest BCUT2D eigenvalue weighted by molar-refractivity contribution is 5.54. The molecule has 1 aromatic heterocycles. The van der Waals surface area contributed by atoms with Crippen LogP contribution >= 0.6 is 0 Å². The van der Waals surface area contributed by atoms with Gasteiger partial charge in [-0.2, -0.15) is 0 Å². The van der Waals surface area contributed by atoms with Gasteiger partial charge in [0.15, 0.2) is 0 Å². The number of pyridine rings is 1. The monoisotopic (exact) mass is 220 g/mol. The summed E-state index contributed by atoms with van der Waals surface area (Å²) in [4.78, 5) is 6.55. The molecule has 0 saturated heterocycles. The van der Waals surface area contributed by atoms with E-state index in [-0.39, 0.29) is 0 Å². The van der Waals surface area contributed by atoms with Crippen molar-refractivity contribution in [3.63, 3.8) is 0 Å². The highest BCUT2D eigenvalue weighted by atomic mass is 15.3. The predicted octanol–water partition coefficient (Wildman–Crippen LogP) is 1.99. The third kappa shape index (κ3) is 2.64. The van der Waals surface area contributed by atoms with Crippen LogP contribution in [-0.4, -0.2) is 17.6 Å². The van der Waals surface area contributed by atoms with Gasteiger partial charge >= 0.3 is 0 Å². The average Bonchev–Trinajstić information content (AvgIpc) is 3.09. The van der Waals surface area contributed by atoms with Crippen molar-refractivity contribution in [2.45, 2.75) is 32.7 Å². The highest BCUT2D eigenvalue weighted by Gasteiger charge is 2.25. The lowest BCUT2D eigenvalue weighted by molar-refractivity contribution is 0.644. The number of nitrogens with zero attached hydrogens (tertiary/aromatic N) is 2. The maximum atomic E-state index is 5.38. The quantitative estimate of drug-likeness (QED) is 0.588. The Morgan fingerprint density at radius 1 is 1.56 bits per heavy atom. The number of rotatable bonds is 5. The van der Waals surface area contributed by atoms with Gasteiger partial charge in [0.05, 0.1) is 0 Å². The molecule has 1 heterocycles. The van der Waals surface area contributed by atoms with Crippen LogP contribution in [0.15, 0.2) is 18.3 Å². The Bertz CT molecular complexity index is 347. The molecule has 1 aliphatic rings. The second-order valence-electron chi connectivity index (χ2n) is 4.73. The van der Waals surface area contributed by atoms with Crippen LogP contribution in [0.1, 0.15) is 26.7 Å². The maximum absolute atomic E-state index is 5.38. The normalized spacial score (nSPS) is 15.2. The third-order valence-corrected chi connectivity index (χ3v) is 3.00. The van der Waals surface area contributed by atoms with Crippen molar-refractivity contribution in [2.75, 3.05) is 16.9 Å². The van der Waals surface area contributed by atoms with E-state index in [0.717, 1.165) is 18.3 Å². The van der Waals surface area contributed by atoms with Crippen molar-refractivity contribution in [3.05, 3.63) is 18.3 Å². The first-order valence-corrected chi connectivity index (χ1v) is 5.90. The van der Waals surface area contributed by atoms with Gasteiger partial charge in [0.2, 0.25) is 0 Å². The maximum Gasteiger partial charge on any atom is 0.141 e. The number of nitrogens with two attached hydrogens (primary N) is 1. The molecular formula is C12H20N4. The van der Waals surface area contributed by atoms with E-state index in [0.29, 0.717) is 6.04 Å². The number of hydrazine groups is 1. The van der Waals surface area contributed by atoms with Gasteiger partial charge in [-0.05, 0) is 38.7 Å². The van der Waals surface area contributed by atoms with E-state index in [9.17, 15) is 0 Å². The summed E-state index contributed by atoms with van der Waals surface area (Å²) in [5, 5.41) is 0. The molecule has 4 nitrogen and oxygen atoms in total. The van der Waals surface area contributed by atoms with Crippen LogP contribution in [0, 0.1) is 5.92 Å². The summed E-state index contributed by atoms with van der Waals surface area (Å²) < 4.78 is 0. The Kier molecular flexibility index (Phi) is 3.29. The number of nitrogen functional groups attached to an aromatic ring is 1. The molecule has 1 aliphatic carbocycles. The SMILES string of the molecule is CC(C)N(CC1CC1)c1ccnc(NN)c1. The minimum Gasteiger partial charge on any atom is -0.369 e. The number of hydrogen-bond donors (Lipinski definition) is 2. The molecule has 0 amide bonds. The smallest absolute Gasteiger partial charge is 0.141 e. The first-order valence-electron chi connectivity index (χ1n) is 5.90. The van der Waals surface area contributed by atoms with Crippen LogP contribution in [0.5, 0.6) is 0 Å². The summed E-state index contributed by atoms with van der Waals surface area (Å²) in [6.07, 6.45) is 4.54. The molecule has 0 bridgehead atoms. The van der Waals surface area contributed by atoms with Gasteiger partial charge in [-0.3, -0.25) is 0 Å². The van der Waals surface area contributed by atoms with E-state index in [1.165, 1.54) is 18.5 Å². The van der Waals surface area contributed by atoms with Gasteiger partial charge in [-0.25, -0.2) is 10.8 Å². The number of nitrogens with one attached hydrogen (secondary N) is 1. The third-order valence-electron chi connectivity index (χ3n) is 3.00. The summed E-state index contributed by atoms with van der Waals surface area (Å²) in [6.45, 7) is 5.59. The summed E-state index contributed by atoms with van der Waals surface area (Å²) in [5.74, 6) is 6.98. The number of anilines is 2. The largest absolute Gasteiger partial charge is 0.369 e. The summed E-state index contributed by atoms with van der Waals surface area (Å²) in [5.41, 5.74) is 3.79. The lowest BCUT2D eigenvalue weighted by Crippen LogP contribution is -2.32. The Hall–Kier alpha value is -1.29. The fraction of sp³-hybridized carbons (Fsp3) is 0.583. The van der Waals surface area contributed by atoms with Gasteiger partial charge < -0.3 is 10.3 Å². The molecule has 1 fully saturated rings. The minimum atomic E-state index is 0.508. The van der Waals surface area contributed by atoms with Gasteiger partial charge in [-0.1, -0.05) is 0 Å². The molecule has 0 atom stereocenters. The van der Waals surface area contributed by atoms with Gasteiger partial charge in [0, 0.05) is 30.5 Å². The van der Waals surface area contributed by atoms with Crippen LogP contribution in [0.2, 0.25) is 0 Å². The molecule has 0 aromatic carbocycles. The number of hydrogen-bond acceptors (Lipinski definition) is 4.